The zero-order chi connectivity index (χ0) is 22.3. The zero-order valence-electron chi connectivity index (χ0n) is 17.2. The first-order chi connectivity index (χ1) is 14.9. The lowest BCUT2D eigenvalue weighted by molar-refractivity contribution is -0.151. The number of benzene rings is 2. The lowest BCUT2D eigenvalue weighted by Crippen LogP contribution is -2.36. The monoisotopic (exact) mass is 443 g/mol. The van der Waals surface area contributed by atoms with Crippen LogP contribution < -0.4 is 4.72 Å². The first-order valence-electron chi connectivity index (χ1n) is 10.0. The molecule has 3 rings (SSSR count). The third-order valence-electron chi connectivity index (χ3n) is 5.01. The fourth-order valence-electron chi connectivity index (χ4n) is 3.38. The summed E-state index contributed by atoms with van der Waals surface area (Å²) in [5, 5.41) is 0. The van der Waals surface area contributed by atoms with Gasteiger partial charge in [0.15, 0.2) is 0 Å². The van der Waals surface area contributed by atoms with Gasteiger partial charge in [-0.1, -0.05) is 42.5 Å². The zero-order valence-corrected chi connectivity index (χ0v) is 18.0. The van der Waals surface area contributed by atoms with E-state index in [0.717, 1.165) is 25.7 Å². The van der Waals surface area contributed by atoms with Gasteiger partial charge in [0.05, 0.1) is 12.0 Å². The van der Waals surface area contributed by atoms with Gasteiger partial charge in [-0.05, 0) is 55.0 Å². The minimum absolute atomic E-state index is 0.0332. The van der Waals surface area contributed by atoms with E-state index in [-0.39, 0.29) is 11.0 Å². The fraction of sp³-hybridized carbons (Fsp3) is 0.304. The molecule has 1 atom stereocenters. The molecule has 164 valence electrons. The molecule has 0 bridgehead atoms. The third kappa shape index (κ3) is 6.26. The van der Waals surface area contributed by atoms with E-state index in [0.29, 0.717) is 11.1 Å². The Morgan fingerprint density at radius 2 is 1.77 bits per heavy atom. The maximum absolute atomic E-state index is 13.1. The number of rotatable bonds is 8. The predicted molar refractivity (Wildman–Crippen MR) is 115 cm³/mol. The second-order valence-corrected chi connectivity index (χ2v) is 8.95. The van der Waals surface area contributed by atoms with E-state index in [4.69, 9.17) is 4.74 Å². The molecular formula is C23H25NO6S. The highest BCUT2D eigenvalue weighted by atomic mass is 32.2. The molecule has 0 spiro atoms. The molecule has 1 fully saturated rings. The Labute approximate surface area is 182 Å². The number of ether oxygens (including phenoxy) is 2. The van der Waals surface area contributed by atoms with E-state index in [1.807, 2.05) is 0 Å². The standard InChI is InChI=1S/C23H25NO6S/c1-29-21(25)15-14-17-8-7-13-20(16-17)31(27,28)24-22(18-9-3-2-4-10-18)23(26)30-19-11-5-6-12-19/h2-4,7-10,13-16,19,22,24H,5-6,11-12H2,1H3/b15-14+/t22-/m0/s1. The average molecular weight is 444 g/mol. The van der Waals surface area contributed by atoms with Crippen molar-refractivity contribution in [3.63, 3.8) is 0 Å². The van der Waals surface area contributed by atoms with Crippen LogP contribution in [0.5, 0.6) is 0 Å². The molecule has 2 aromatic carbocycles. The molecule has 0 radical (unpaired) electrons. The van der Waals surface area contributed by atoms with Crippen molar-refractivity contribution < 1.29 is 27.5 Å². The molecule has 31 heavy (non-hydrogen) atoms. The SMILES string of the molecule is COC(=O)/C=C/c1cccc(S(=O)(=O)N[C@H](C(=O)OC2CCCC2)c2ccccc2)c1. The fourth-order valence-corrected chi connectivity index (χ4v) is 4.60. The molecule has 0 amide bonds. The van der Waals surface area contributed by atoms with Gasteiger partial charge in [-0.15, -0.1) is 0 Å². The molecule has 1 aliphatic rings. The van der Waals surface area contributed by atoms with Crippen LogP contribution in [0.15, 0.2) is 65.6 Å². The third-order valence-corrected chi connectivity index (χ3v) is 6.43. The van der Waals surface area contributed by atoms with Gasteiger partial charge in [0.25, 0.3) is 0 Å². The molecule has 2 aromatic rings. The van der Waals surface area contributed by atoms with Gasteiger partial charge >= 0.3 is 11.9 Å². The summed E-state index contributed by atoms with van der Waals surface area (Å²) in [6.07, 6.45) is 6.02. The number of carbonyl (C=O) groups is 2. The molecule has 0 unspecified atom stereocenters. The predicted octanol–water partition coefficient (Wildman–Crippen LogP) is 3.38. The van der Waals surface area contributed by atoms with Crippen molar-refractivity contribution in [3.8, 4) is 0 Å². The van der Waals surface area contributed by atoms with Crippen LogP contribution in [0, 0.1) is 0 Å². The summed E-state index contributed by atoms with van der Waals surface area (Å²) in [7, 11) is -2.80. The molecule has 0 saturated heterocycles. The minimum Gasteiger partial charge on any atom is -0.466 e. The first-order valence-corrected chi connectivity index (χ1v) is 11.5. The highest BCUT2D eigenvalue weighted by molar-refractivity contribution is 7.89. The van der Waals surface area contributed by atoms with Crippen LogP contribution in [0.25, 0.3) is 6.08 Å². The Bertz CT molecular complexity index is 1040. The van der Waals surface area contributed by atoms with Gasteiger partial charge in [0, 0.05) is 6.08 Å². The van der Waals surface area contributed by atoms with Crippen LogP contribution in [0.4, 0.5) is 0 Å². The Hall–Kier alpha value is -2.97. The number of hydrogen-bond donors (Lipinski definition) is 1. The maximum Gasteiger partial charge on any atom is 0.330 e. The molecule has 8 heteroatoms. The molecule has 0 heterocycles. The van der Waals surface area contributed by atoms with Crippen LogP contribution in [0.1, 0.15) is 42.9 Å². The smallest absolute Gasteiger partial charge is 0.330 e. The summed E-state index contributed by atoms with van der Waals surface area (Å²) in [6, 6.07) is 13.5. The Balaban J connectivity index is 1.85. The van der Waals surface area contributed by atoms with E-state index in [2.05, 4.69) is 9.46 Å². The van der Waals surface area contributed by atoms with Crippen LogP contribution in [0.2, 0.25) is 0 Å². The van der Waals surface area contributed by atoms with Crippen LogP contribution in [-0.2, 0) is 29.1 Å². The highest BCUT2D eigenvalue weighted by Crippen LogP contribution is 2.25. The summed E-state index contributed by atoms with van der Waals surface area (Å²) in [6.45, 7) is 0. The van der Waals surface area contributed by atoms with Crippen LogP contribution >= 0.6 is 0 Å². The summed E-state index contributed by atoms with van der Waals surface area (Å²) < 4.78 is 38.8. The van der Waals surface area contributed by atoms with E-state index in [1.165, 1.54) is 31.4 Å². The molecule has 1 N–H and O–H groups in total. The molecular weight excluding hydrogens is 418 g/mol. The van der Waals surface area contributed by atoms with Crippen molar-refractivity contribution in [3.05, 3.63) is 71.8 Å². The summed E-state index contributed by atoms with van der Waals surface area (Å²) in [5.74, 6) is -1.17. The lowest BCUT2D eigenvalue weighted by atomic mass is 10.1. The highest BCUT2D eigenvalue weighted by Gasteiger charge is 2.31. The van der Waals surface area contributed by atoms with Crippen molar-refractivity contribution in [1.29, 1.82) is 0 Å². The lowest BCUT2D eigenvalue weighted by Gasteiger charge is -2.20. The molecule has 7 nitrogen and oxygen atoms in total. The van der Waals surface area contributed by atoms with Gasteiger partial charge in [-0.3, -0.25) is 0 Å². The van der Waals surface area contributed by atoms with E-state index in [9.17, 15) is 18.0 Å². The van der Waals surface area contributed by atoms with Crippen molar-refractivity contribution in [2.24, 2.45) is 0 Å². The van der Waals surface area contributed by atoms with Crippen molar-refractivity contribution in [2.75, 3.05) is 7.11 Å². The van der Waals surface area contributed by atoms with Gasteiger partial charge in [-0.2, -0.15) is 4.72 Å². The van der Waals surface area contributed by atoms with E-state index in [1.54, 1.807) is 42.5 Å². The number of sulfonamides is 1. The maximum atomic E-state index is 13.1. The molecule has 1 aliphatic carbocycles. The minimum atomic E-state index is -4.05. The van der Waals surface area contributed by atoms with Gasteiger partial charge in [0.2, 0.25) is 10.0 Å². The van der Waals surface area contributed by atoms with Crippen molar-refractivity contribution >= 4 is 28.0 Å². The van der Waals surface area contributed by atoms with E-state index >= 15 is 0 Å². The van der Waals surface area contributed by atoms with Crippen LogP contribution in [-0.4, -0.2) is 33.6 Å². The Morgan fingerprint density at radius 3 is 2.45 bits per heavy atom. The van der Waals surface area contributed by atoms with Crippen LogP contribution in [0.3, 0.4) is 0 Å². The van der Waals surface area contributed by atoms with Gasteiger partial charge in [-0.25, -0.2) is 18.0 Å². The van der Waals surface area contributed by atoms with E-state index < -0.39 is 28.0 Å². The Kier molecular flexibility index (Phi) is 7.59. The second kappa shape index (κ2) is 10.4. The molecule has 0 aliphatic heterocycles. The van der Waals surface area contributed by atoms with Crippen molar-refractivity contribution in [2.45, 2.75) is 42.7 Å². The largest absolute Gasteiger partial charge is 0.466 e. The normalized spacial score (nSPS) is 15.6. The van der Waals surface area contributed by atoms with Crippen molar-refractivity contribution in [1.82, 2.24) is 4.72 Å². The quantitative estimate of drug-likeness (QED) is 0.496. The average Bonchev–Trinajstić information content (AvgIpc) is 3.29. The molecule has 0 aromatic heterocycles. The number of nitrogens with one attached hydrogen (secondary N) is 1. The Morgan fingerprint density at radius 1 is 1.06 bits per heavy atom. The number of hydrogen-bond acceptors (Lipinski definition) is 6. The number of carbonyl (C=O) groups excluding carboxylic acids is 2. The topological polar surface area (TPSA) is 98.8 Å². The second-order valence-electron chi connectivity index (χ2n) is 7.24. The van der Waals surface area contributed by atoms with Gasteiger partial charge < -0.3 is 9.47 Å². The summed E-state index contributed by atoms with van der Waals surface area (Å²) in [5.41, 5.74) is 0.994. The summed E-state index contributed by atoms with van der Waals surface area (Å²) in [4.78, 5) is 24.1. The van der Waals surface area contributed by atoms with Gasteiger partial charge in [0.1, 0.15) is 12.1 Å². The molecule has 1 saturated carbocycles. The summed E-state index contributed by atoms with van der Waals surface area (Å²) >= 11 is 0. The first kappa shape index (κ1) is 22.7. The number of methoxy groups -OCH3 is 1. The number of esters is 2.